The molecule has 1 aromatic rings. The Hall–Kier alpha value is -0.420. The summed E-state index contributed by atoms with van der Waals surface area (Å²) in [6.07, 6.45) is -0.388. The van der Waals surface area contributed by atoms with Crippen molar-refractivity contribution in [1.82, 2.24) is 5.32 Å². The van der Waals surface area contributed by atoms with Gasteiger partial charge in [-0.15, -0.1) is 0 Å². The Labute approximate surface area is 94.1 Å². The van der Waals surface area contributed by atoms with Gasteiger partial charge in [-0.2, -0.15) is 11.3 Å². The van der Waals surface area contributed by atoms with Gasteiger partial charge in [-0.3, -0.25) is 0 Å². The molecule has 1 aromatic heterocycles. The summed E-state index contributed by atoms with van der Waals surface area (Å²) >= 11 is 1.61. The molecular formula is C11H17NO2S. The third-order valence-corrected chi connectivity index (χ3v) is 3.42. The van der Waals surface area contributed by atoms with Crippen LogP contribution in [-0.4, -0.2) is 31.4 Å². The number of hydrogen-bond acceptors (Lipinski definition) is 4. The Kier molecular flexibility index (Phi) is 3.41. The zero-order valence-corrected chi connectivity index (χ0v) is 9.72. The van der Waals surface area contributed by atoms with Crippen molar-refractivity contribution in [2.75, 3.05) is 26.3 Å². The van der Waals surface area contributed by atoms with Crippen LogP contribution < -0.4 is 5.32 Å². The topological polar surface area (TPSA) is 41.5 Å². The molecular weight excluding hydrogens is 210 g/mol. The van der Waals surface area contributed by atoms with E-state index in [0.29, 0.717) is 6.54 Å². The molecule has 1 aliphatic rings. The number of aliphatic hydroxyl groups is 1. The highest BCUT2D eigenvalue weighted by Crippen LogP contribution is 2.25. The zero-order chi connectivity index (χ0) is 10.7. The van der Waals surface area contributed by atoms with Crippen LogP contribution >= 0.6 is 11.3 Å². The van der Waals surface area contributed by atoms with Gasteiger partial charge in [-0.05, 0) is 22.4 Å². The van der Waals surface area contributed by atoms with Gasteiger partial charge in [0.1, 0.15) is 0 Å². The normalized spacial score (nSPS) is 20.9. The molecule has 0 aliphatic carbocycles. The highest BCUT2D eigenvalue weighted by molar-refractivity contribution is 7.07. The lowest BCUT2D eigenvalue weighted by molar-refractivity contribution is -0.0996. The molecule has 84 valence electrons. The first-order valence-corrected chi connectivity index (χ1v) is 6.13. The fourth-order valence-corrected chi connectivity index (χ4v) is 2.35. The maximum absolute atomic E-state index is 9.81. The van der Waals surface area contributed by atoms with Gasteiger partial charge in [-0.1, -0.05) is 6.92 Å². The van der Waals surface area contributed by atoms with Gasteiger partial charge in [0.05, 0.1) is 19.3 Å². The molecule has 15 heavy (non-hydrogen) atoms. The van der Waals surface area contributed by atoms with E-state index >= 15 is 0 Å². The second-order valence-corrected chi connectivity index (χ2v) is 5.29. The fourth-order valence-electron chi connectivity index (χ4n) is 1.65. The molecule has 0 saturated carbocycles. The first-order chi connectivity index (χ1) is 7.20. The number of ether oxygens (including phenoxy) is 1. The van der Waals surface area contributed by atoms with Crippen molar-refractivity contribution >= 4 is 11.3 Å². The van der Waals surface area contributed by atoms with Gasteiger partial charge in [0.15, 0.2) is 0 Å². The lowest BCUT2D eigenvalue weighted by Crippen LogP contribution is -2.47. The molecule has 0 spiro atoms. The molecule has 1 aliphatic heterocycles. The van der Waals surface area contributed by atoms with Crippen molar-refractivity contribution in [3.63, 3.8) is 0 Å². The Morgan fingerprint density at radius 2 is 2.47 bits per heavy atom. The standard InChI is InChI=1S/C11H17NO2S/c1-11(7-14-8-11)6-12-4-10(13)9-2-3-15-5-9/h2-3,5,10,12-13H,4,6-8H2,1H3. The Bertz CT molecular complexity index is 296. The molecule has 3 nitrogen and oxygen atoms in total. The van der Waals surface area contributed by atoms with Gasteiger partial charge in [0.25, 0.3) is 0 Å². The Morgan fingerprint density at radius 3 is 3.00 bits per heavy atom. The molecule has 2 rings (SSSR count). The summed E-state index contributed by atoms with van der Waals surface area (Å²) in [4.78, 5) is 0. The average Bonchev–Trinajstić information content (AvgIpc) is 2.67. The molecule has 2 N–H and O–H groups in total. The largest absolute Gasteiger partial charge is 0.387 e. The number of rotatable bonds is 5. The molecule has 0 radical (unpaired) electrons. The molecule has 4 heteroatoms. The molecule has 1 saturated heterocycles. The summed E-state index contributed by atoms with van der Waals surface area (Å²) in [5, 5.41) is 17.1. The Morgan fingerprint density at radius 1 is 1.67 bits per heavy atom. The van der Waals surface area contributed by atoms with Crippen LogP contribution in [0.15, 0.2) is 16.8 Å². The minimum absolute atomic E-state index is 0.272. The average molecular weight is 227 g/mol. The van der Waals surface area contributed by atoms with Crippen molar-refractivity contribution in [1.29, 1.82) is 0 Å². The summed E-state index contributed by atoms with van der Waals surface area (Å²) < 4.78 is 5.17. The maximum atomic E-state index is 9.81. The number of hydrogen-bond donors (Lipinski definition) is 2. The van der Waals surface area contributed by atoms with Crippen LogP contribution in [0, 0.1) is 5.41 Å². The predicted octanol–water partition coefficient (Wildman–Crippen LogP) is 1.41. The van der Waals surface area contributed by atoms with Gasteiger partial charge in [0, 0.05) is 18.5 Å². The van der Waals surface area contributed by atoms with Crippen LogP contribution in [0.3, 0.4) is 0 Å². The third-order valence-electron chi connectivity index (χ3n) is 2.72. The first kappa shape index (κ1) is 11.1. The van der Waals surface area contributed by atoms with Crippen molar-refractivity contribution in [3.8, 4) is 0 Å². The van der Waals surface area contributed by atoms with E-state index in [1.165, 1.54) is 0 Å². The van der Waals surface area contributed by atoms with Crippen LogP contribution in [0.5, 0.6) is 0 Å². The van der Waals surface area contributed by atoms with Crippen molar-refractivity contribution in [3.05, 3.63) is 22.4 Å². The monoisotopic (exact) mass is 227 g/mol. The summed E-state index contributed by atoms with van der Waals surface area (Å²) in [5.41, 5.74) is 1.27. The van der Waals surface area contributed by atoms with Crippen LogP contribution in [0.25, 0.3) is 0 Å². The van der Waals surface area contributed by atoms with E-state index in [2.05, 4.69) is 12.2 Å². The van der Waals surface area contributed by atoms with Crippen LogP contribution in [0.1, 0.15) is 18.6 Å². The minimum Gasteiger partial charge on any atom is -0.387 e. The quantitative estimate of drug-likeness (QED) is 0.799. The van der Waals surface area contributed by atoms with Crippen LogP contribution in [-0.2, 0) is 4.74 Å². The molecule has 1 unspecified atom stereocenters. The lowest BCUT2D eigenvalue weighted by atomic mass is 9.89. The molecule has 0 amide bonds. The van der Waals surface area contributed by atoms with E-state index in [1.807, 2.05) is 16.8 Å². The predicted molar refractivity (Wildman–Crippen MR) is 61.1 cm³/mol. The van der Waals surface area contributed by atoms with Crippen molar-refractivity contribution in [2.45, 2.75) is 13.0 Å². The van der Waals surface area contributed by atoms with Gasteiger partial charge in [-0.25, -0.2) is 0 Å². The number of aliphatic hydroxyl groups excluding tert-OH is 1. The Balaban J connectivity index is 1.69. The maximum Gasteiger partial charge on any atom is 0.0922 e. The molecule has 1 atom stereocenters. The first-order valence-electron chi connectivity index (χ1n) is 5.18. The van der Waals surface area contributed by atoms with E-state index in [-0.39, 0.29) is 11.5 Å². The summed E-state index contributed by atoms with van der Waals surface area (Å²) in [5.74, 6) is 0. The van der Waals surface area contributed by atoms with E-state index in [1.54, 1.807) is 11.3 Å². The second kappa shape index (κ2) is 4.61. The van der Waals surface area contributed by atoms with E-state index in [9.17, 15) is 5.11 Å². The third kappa shape index (κ3) is 2.78. The zero-order valence-electron chi connectivity index (χ0n) is 8.90. The van der Waals surface area contributed by atoms with Gasteiger partial charge in [0.2, 0.25) is 0 Å². The summed E-state index contributed by atoms with van der Waals surface area (Å²) in [6, 6.07) is 1.96. The fraction of sp³-hybridized carbons (Fsp3) is 0.636. The van der Waals surface area contributed by atoms with E-state index < -0.39 is 0 Å². The minimum atomic E-state index is -0.388. The smallest absolute Gasteiger partial charge is 0.0922 e. The summed E-state index contributed by atoms with van der Waals surface area (Å²) in [6.45, 7) is 5.38. The summed E-state index contributed by atoms with van der Waals surface area (Å²) in [7, 11) is 0. The van der Waals surface area contributed by atoms with E-state index in [0.717, 1.165) is 25.3 Å². The second-order valence-electron chi connectivity index (χ2n) is 4.51. The van der Waals surface area contributed by atoms with Gasteiger partial charge < -0.3 is 15.2 Å². The highest BCUT2D eigenvalue weighted by Gasteiger charge is 2.32. The molecule has 0 aromatic carbocycles. The molecule has 2 heterocycles. The lowest BCUT2D eigenvalue weighted by Gasteiger charge is -2.38. The van der Waals surface area contributed by atoms with Crippen LogP contribution in [0.2, 0.25) is 0 Å². The SMILES string of the molecule is CC1(CNCC(O)c2ccsc2)COC1. The highest BCUT2D eigenvalue weighted by atomic mass is 32.1. The van der Waals surface area contributed by atoms with Crippen molar-refractivity contribution in [2.24, 2.45) is 5.41 Å². The van der Waals surface area contributed by atoms with Crippen LogP contribution in [0.4, 0.5) is 0 Å². The van der Waals surface area contributed by atoms with Crippen molar-refractivity contribution < 1.29 is 9.84 Å². The molecule has 0 bridgehead atoms. The molecule has 1 fully saturated rings. The van der Waals surface area contributed by atoms with Gasteiger partial charge >= 0.3 is 0 Å². The number of nitrogens with one attached hydrogen (secondary N) is 1. The van der Waals surface area contributed by atoms with E-state index in [4.69, 9.17) is 4.74 Å². The number of thiophene rings is 1.